The lowest BCUT2D eigenvalue weighted by Gasteiger charge is -2.35. The van der Waals surface area contributed by atoms with Crippen LogP contribution in [0.5, 0.6) is 0 Å². The first-order chi connectivity index (χ1) is 10.3. The number of halogens is 6. The molecule has 1 saturated heterocycles. The van der Waals surface area contributed by atoms with Gasteiger partial charge in [-0.1, -0.05) is 5.57 Å². The van der Waals surface area contributed by atoms with Crippen molar-refractivity contribution in [1.29, 1.82) is 0 Å². The van der Waals surface area contributed by atoms with Gasteiger partial charge in [0.1, 0.15) is 5.82 Å². The van der Waals surface area contributed by atoms with Crippen LogP contribution in [0.2, 0.25) is 0 Å². The molecule has 0 radical (unpaired) electrons. The molecule has 1 aliphatic heterocycles. The molecule has 1 aromatic carbocycles. The summed E-state index contributed by atoms with van der Waals surface area (Å²) in [4.78, 5) is 2.02. The third-order valence-corrected chi connectivity index (χ3v) is 3.82. The van der Waals surface area contributed by atoms with Gasteiger partial charge in [-0.15, -0.1) is 31.4 Å². The Bertz CT molecular complexity index is 543. The number of nitrogens with zero attached hydrogens (tertiary/aromatic N) is 1. The summed E-state index contributed by atoms with van der Waals surface area (Å²) >= 11 is 0. The number of benzene rings is 1. The van der Waals surface area contributed by atoms with Crippen molar-refractivity contribution in [2.75, 3.05) is 26.2 Å². The van der Waals surface area contributed by atoms with Gasteiger partial charge in [0.25, 0.3) is 0 Å². The van der Waals surface area contributed by atoms with Crippen molar-refractivity contribution in [3.05, 3.63) is 47.3 Å². The van der Waals surface area contributed by atoms with Gasteiger partial charge in [-0.3, -0.25) is 4.90 Å². The van der Waals surface area contributed by atoms with Crippen LogP contribution in [-0.2, 0) is 6.18 Å². The molecule has 24 heavy (non-hydrogen) atoms. The lowest BCUT2D eigenvalue weighted by Crippen LogP contribution is -2.45. The molecule has 1 aliphatic rings. The summed E-state index contributed by atoms with van der Waals surface area (Å²) in [5.41, 5.74) is 0.103. The quantitative estimate of drug-likeness (QED) is 0.598. The first-order valence-corrected chi connectivity index (χ1v) is 7.25. The third-order valence-electron chi connectivity index (χ3n) is 3.82. The Kier molecular flexibility index (Phi) is 9.28. The Morgan fingerprint density at radius 3 is 2.33 bits per heavy atom. The molecule has 0 saturated carbocycles. The number of alkyl halides is 3. The van der Waals surface area contributed by atoms with Gasteiger partial charge < -0.3 is 5.32 Å². The van der Waals surface area contributed by atoms with E-state index in [4.69, 9.17) is 0 Å². The average molecular weight is 389 g/mol. The van der Waals surface area contributed by atoms with Crippen LogP contribution >= 0.6 is 24.8 Å². The van der Waals surface area contributed by atoms with Crippen molar-refractivity contribution >= 4 is 24.8 Å². The van der Waals surface area contributed by atoms with Gasteiger partial charge in [-0.05, 0) is 31.5 Å². The predicted molar refractivity (Wildman–Crippen MR) is 92.5 cm³/mol. The van der Waals surface area contributed by atoms with Crippen LogP contribution in [0.4, 0.5) is 17.6 Å². The van der Waals surface area contributed by atoms with Gasteiger partial charge >= 0.3 is 6.18 Å². The van der Waals surface area contributed by atoms with E-state index >= 15 is 0 Å². The molecule has 2 rings (SSSR count). The second-order valence-corrected chi connectivity index (χ2v) is 5.70. The highest BCUT2D eigenvalue weighted by atomic mass is 35.5. The van der Waals surface area contributed by atoms with E-state index in [1.54, 1.807) is 6.92 Å². The van der Waals surface area contributed by atoms with E-state index in [9.17, 15) is 17.6 Å². The zero-order valence-electron chi connectivity index (χ0n) is 13.3. The monoisotopic (exact) mass is 388 g/mol. The van der Waals surface area contributed by atoms with E-state index in [-0.39, 0.29) is 30.4 Å². The molecule has 1 aromatic rings. The van der Waals surface area contributed by atoms with Crippen LogP contribution < -0.4 is 5.32 Å². The minimum Gasteiger partial charge on any atom is -0.314 e. The highest BCUT2D eigenvalue weighted by molar-refractivity contribution is 5.85. The maximum atomic E-state index is 14.2. The summed E-state index contributed by atoms with van der Waals surface area (Å²) in [6, 6.07) is 2.22. The van der Waals surface area contributed by atoms with Crippen molar-refractivity contribution in [3.8, 4) is 0 Å². The molecule has 0 bridgehead atoms. The van der Waals surface area contributed by atoms with Crippen molar-refractivity contribution in [2.24, 2.45) is 0 Å². The van der Waals surface area contributed by atoms with E-state index < -0.39 is 23.6 Å². The molecule has 138 valence electrons. The second kappa shape index (κ2) is 9.61. The normalized spacial score (nSPS) is 16.7. The Morgan fingerprint density at radius 1 is 1.25 bits per heavy atom. The summed E-state index contributed by atoms with van der Waals surface area (Å²) < 4.78 is 52.9. The third kappa shape index (κ3) is 5.92. The molecule has 0 aliphatic carbocycles. The predicted octanol–water partition coefficient (Wildman–Crippen LogP) is 4.60. The highest BCUT2D eigenvalue weighted by Gasteiger charge is 2.33. The average Bonchev–Trinajstić information content (AvgIpc) is 2.45. The van der Waals surface area contributed by atoms with Crippen molar-refractivity contribution in [3.63, 3.8) is 0 Å². The Labute approximate surface area is 152 Å². The van der Waals surface area contributed by atoms with Gasteiger partial charge in [0, 0.05) is 37.8 Å². The number of piperazine rings is 1. The van der Waals surface area contributed by atoms with Crippen LogP contribution in [0.1, 0.15) is 30.5 Å². The molecule has 1 heterocycles. The summed E-state index contributed by atoms with van der Waals surface area (Å²) in [6.07, 6.45) is -4.03. The van der Waals surface area contributed by atoms with Crippen molar-refractivity contribution in [1.82, 2.24) is 10.2 Å². The number of nitrogens with one attached hydrogen (secondary N) is 1. The minimum absolute atomic E-state index is 0. The molecule has 1 atom stereocenters. The topological polar surface area (TPSA) is 15.3 Å². The summed E-state index contributed by atoms with van der Waals surface area (Å²) in [6.45, 7) is 8.47. The highest BCUT2D eigenvalue weighted by Crippen LogP contribution is 2.35. The molecule has 0 amide bonds. The fraction of sp³-hybridized carbons (Fsp3) is 0.500. The lowest BCUT2D eigenvalue weighted by molar-refractivity contribution is -0.137. The molecular weight excluding hydrogens is 367 g/mol. The van der Waals surface area contributed by atoms with Crippen LogP contribution in [-0.4, -0.2) is 31.1 Å². The van der Waals surface area contributed by atoms with E-state index in [1.165, 1.54) is 0 Å². The Balaban J connectivity index is 0.00000264. The molecular formula is C16H22Cl2F4N2. The number of hydrogen-bond donors (Lipinski definition) is 1. The molecule has 0 spiro atoms. The second-order valence-electron chi connectivity index (χ2n) is 5.70. The van der Waals surface area contributed by atoms with Crippen molar-refractivity contribution in [2.45, 2.75) is 25.6 Å². The molecule has 0 unspecified atom stereocenters. The van der Waals surface area contributed by atoms with E-state index in [0.717, 1.165) is 36.9 Å². The molecule has 1 N–H and O–H groups in total. The summed E-state index contributed by atoms with van der Waals surface area (Å²) in [5, 5.41) is 3.19. The SMILES string of the molecule is C=C(C)C[C@@H](c1cc(C(F)(F)F)ccc1F)N1CCNCC1.Cl.Cl. The number of hydrogen-bond acceptors (Lipinski definition) is 2. The van der Waals surface area contributed by atoms with Crippen LogP contribution in [0.25, 0.3) is 0 Å². The van der Waals surface area contributed by atoms with E-state index in [0.29, 0.717) is 19.5 Å². The van der Waals surface area contributed by atoms with Gasteiger partial charge in [0.05, 0.1) is 5.56 Å². The zero-order chi connectivity index (χ0) is 16.3. The van der Waals surface area contributed by atoms with Gasteiger partial charge in [-0.2, -0.15) is 13.2 Å². The minimum atomic E-state index is -4.47. The van der Waals surface area contributed by atoms with Crippen LogP contribution in [0.15, 0.2) is 30.4 Å². The fourth-order valence-corrected chi connectivity index (χ4v) is 2.74. The first-order valence-electron chi connectivity index (χ1n) is 7.25. The lowest BCUT2D eigenvalue weighted by atomic mass is 9.95. The van der Waals surface area contributed by atoms with E-state index in [1.807, 2.05) is 4.90 Å². The number of rotatable bonds is 4. The van der Waals surface area contributed by atoms with Crippen LogP contribution in [0.3, 0.4) is 0 Å². The molecule has 0 aromatic heterocycles. The summed E-state index contributed by atoms with van der Waals surface area (Å²) in [5.74, 6) is -0.599. The Hall–Kier alpha value is -0.820. The van der Waals surface area contributed by atoms with Gasteiger partial charge in [0.15, 0.2) is 0 Å². The smallest absolute Gasteiger partial charge is 0.314 e. The molecule has 1 fully saturated rings. The zero-order valence-corrected chi connectivity index (χ0v) is 15.0. The molecule has 2 nitrogen and oxygen atoms in total. The Morgan fingerprint density at radius 2 is 1.83 bits per heavy atom. The maximum Gasteiger partial charge on any atom is 0.416 e. The van der Waals surface area contributed by atoms with Crippen molar-refractivity contribution < 1.29 is 17.6 Å². The fourth-order valence-electron chi connectivity index (χ4n) is 2.74. The standard InChI is InChI=1S/C16H20F4N2.2ClH/c1-11(2)9-15(22-7-5-21-6-8-22)13-10-12(16(18,19)20)3-4-14(13)17;;/h3-4,10,15,21H,1,5-9H2,2H3;2*1H/t15-;;/m0../s1. The van der Waals surface area contributed by atoms with Crippen LogP contribution in [0, 0.1) is 5.82 Å². The van der Waals surface area contributed by atoms with Gasteiger partial charge in [-0.25, -0.2) is 4.39 Å². The maximum absolute atomic E-state index is 14.2. The van der Waals surface area contributed by atoms with E-state index in [2.05, 4.69) is 11.9 Å². The molecule has 8 heteroatoms. The largest absolute Gasteiger partial charge is 0.416 e. The first kappa shape index (κ1) is 23.2. The van der Waals surface area contributed by atoms with Gasteiger partial charge in [0.2, 0.25) is 0 Å². The summed E-state index contributed by atoms with van der Waals surface area (Å²) in [7, 11) is 0.